The van der Waals surface area contributed by atoms with Gasteiger partial charge in [-0.25, -0.2) is 0 Å². The standard InChI is InChI=1S/C10H11N3S/c1-3-11-12-10-13(2)8-6-4-5-7-9(8)14-10/h3-7H,1-2H3/b11-3+,12-10+. The van der Waals surface area contributed by atoms with Gasteiger partial charge in [0.25, 0.3) is 0 Å². The summed E-state index contributed by atoms with van der Waals surface area (Å²) < 4.78 is 3.28. The Morgan fingerprint density at radius 1 is 1.36 bits per heavy atom. The second-order valence-electron chi connectivity index (χ2n) is 2.89. The lowest BCUT2D eigenvalue weighted by Gasteiger charge is -1.91. The number of hydrogen-bond donors (Lipinski definition) is 0. The van der Waals surface area contributed by atoms with Crippen LogP contribution in [0.1, 0.15) is 6.92 Å². The van der Waals surface area contributed by atoms with E-state index in [0.29, 0.717) is 0 Å². The van der Waals surface area contributed by atoms with Gasteiger partial charge in [0.2, 0.25) is 4.80 Å². The quantitative estimate of drug-likeness (QED) is 0.504. The Kier molecular flexibility index (Phi) is 2.45. The number of fused-ring (bicyclic) bond motifs is 1. The number of rotatable bonds is 1. The van der Waals surface area contributed by atoms with E-state index in [2.05, 4.69) is 22.3 Å². The number of thiazole rings is 1. The first kappa shape index (κ1) is 9.15. The van der Waals surface area contributed by atoms with Crippen molar-refractivity contribution in [3.8, 4) is 0 Å². The molecule has 0 saturated heterocycles. The highest BCUT2D eigenvalue weighted by Gasteiger charge is 1.99. The van der Waals surface area contributed by atoms with Crippen LogP contribution < -0.4 is 4.80 Å². The van der Waals surface area contributed by atoms with E-state index in [4.69, 9.17) is 0 Å². The molecule has 0 fully saturated rings. The van der Waals surface area contributed by atoms with Crippen LogP contribution in [0.15, 0.2) is 34.5 Å². The molecule has 72 valence electrons. The average Bonchev–Trinajstić information content (AvgIpc) is 2.54. The maximum atomic E-state index is 4.11. The van der Waals surface area contributed by atoms with E-state index in [9.17, 15) is 0 Å². The fourth-order valence-corrected chi connectivity index (χ4v) is 2.26. The minimum Gasteiger partial charge on any atom is -0.318 e. The van der Waals surface area contributed by atoms with Crippen molar-refractivity contribution >= 4 is 27.8 Å². The SMILES string of the molecule is C/C=N/N=c1/sc2ccccc2n1C. The van der Waals surface area contributed by atoms with Crippen LogP contribution in [0.4, 0.5) is 0 Å². The highest BCUT2D eigenvalue weighted by molar-refractivity contribution is 7.16. The summed E-state index contributed by atoms with van der Waals surface area (Å²) in [6.07, 6.45) is 1.68. The summed E-state index contributed by atoms with van der Waals surface area (Å²) in [7, 11) is 2.00. The van der Waals surface area contributed by atoms with Crippen molar-refractivity contribution in [2.24, 2.45) is 17.3 Å². The van der Waals surface area contributed by atoms with Gasteiger partial charge in [0.05, 0.1) is 10.2 Å². The minimum atomic E-state index is 0.921. The summed E-state index contributed by atoms with van der Waals surface area (Å²) in [6.45, 7) is 1.86. The number of aromatic nitrogens is 1. The molecule has 0 bridgehead atoms. The van der Waals surface area contributed by atoms with Gasteiger partial charge in [-0.2, -0.15) is 5.10 Å². The summed E-state index contributed by atoms with van der Waals surface area (Å²) >= 11 is 1.65. The number of aryl methyl sites for hydroxylation is 1. The van der Waals surface area contributed by atoms with E-state index >= 15 is 0 Å². The molecule has 0 amide bonds. The minimum absolute atomic E-state index is 0.921. The Bertz CT molecular complexity index is 534. The summed E-state index contributed by atoms with van der Waals surface area (Å²) in [5.41, 5.74) is 1.20. The first-order valence-corrected chi connectivity index (χ1v) is 5.21. The molecule has 2 rings (SSSR count). The number of nitrogens with zero attached hydrogens (tertiary/aromatic N) is 3. The van der Waals surface area contributed by atoms with Crippen molar-refractivity contribution in [1.29, 1.82) is 0 Å². The van der Waals surface area contributed by atoms with Gasteiger partial charge in [-0.15, -0.1) is 5.10 Å². The fraction of sp³-hybridized carbons (Fsp3) is 0.200. The van der Waals surface area contributed by atoms with Crippen LogP contribution in [0.2, 0.25) is 0 Å². The van der Waals surface area contributed by atoms with Crippen LogP contribution in [0.5, 0.6) is 0 Å². The maximum Gasteiger partial charge on any atom is 0.211 e. The van der Waals surface area contributed by atoms with Crippen molar-refractivity contribution in [2.75, 3.05) is 0 Å². The van der Waals surface area contributed by atoms with E-state index in [1.807, 2.05) is 30.7 Å². The van der Waals surface area contributed by atoms with Crippen molar-refractivity contribution in [2.45, 2.75) is 6.92 Å². The predicted molar refractivity (Wildman–Crippen MR) is 60.5 cm³/mol. The number of hydrogen-bond acceptors (Lipinski definition) is 3. The molecule has 0 spiro atoms. The molecule has 0 N–H and O–H groups in total. The summed E-state index contributed by atoms with van der Waals surface area (Å²) in [6, 6.07) is 8.24. The zero-order valence-electron chi connectivity index (χ0n) is 8.14. The van der Waals surface area contributed by atoms with E-state index in [1.165, 1.54) is 10.2 Å². The van der Waals surface area contributed by atoms with Crippen LogP contribution in [0.3, 0.4) is 0 Å². The first-order valence-electron chi connectivity index (χ1n) is 4.39. The Morgan fingerprint density at radius 2 is 2.14 bits per heavy atom. The van der Waals surface area contributed by atoms with Gasteiger partial charge >= 0.3 is 0 Å². The molecule has 2 aromatic rings. The van der Waals surface area contributed by atoms with Gasteiger partial charge < -0.3 is 4.57 Å². The second kappa shape index (κ2) is 3.75. The van der Waals surface area contributed by atoms with Gasteiger partial charge in [0, 0.05) is 13.3 Å². The third kappa shape index (κ3) is 1.48. The molecule has 0 radical (unpaired) electrons. The predicted octanol–water partition coefficient (Wildman–Crippen LogP) is 2.15. The molecule has 0 atom stereocenters. The van der Waals surface area contributed by atoms with Gasteiger partial charge in [0.15, 0.2) is 0 Å². The van der Waals surface area contributed by atoms with Gasteiger partial charge in [-0.1, -0.05) is 23.5 Å². The van der Waals surface area contributed by atoms with Crippen molar-refractivity contribution in [1.82, 2.24) is 4.57 Å². The van der Waals surface area contributed by atoms with E-state index < -0.39 is 0 Å². The lowest BCUT2D eigenvalue weighted by Crippen LogP contribution is -2.08. The molecule has 0 aliphatic rings. The maximum absolute atomic E-state index is 4.11. The average molecular weight is 205 g/mol. The van der Waals surface area contributed by atoms with Gasteiger partial charge in [0.1, 0.15) is 0 Å². The monoisotopic (exact) mass is 205 g/mol. The lowest BCUT2D eigenvalue weighted by atomic mass is 10.3. The van der Waals surface area contributed by atoms with E-state index in [-0.39, 0.29) is 0 Å². The van der Waals surface area contributed by atoms with Crippen molar-refractivity contribution in [3.63, 3.8) is 0 Å². The Balaban J connectivity index is 2.74. The molecule has 3 nitrogen and oxygen atoms in total. The van der Waals surface area contributed by atoms with E-state index in [0.717, 1.165) is 4.80 Å². The van der Waals surface area contributed by atoms with Gasteiger partial charge in [-0.3, -0.25) is 0 Å². The molecule has 4 heteroatoms. The summed E-state index contributed by atoms with van der Waals surface area (Å²) in [5.74, 6) is 0. The third-order valence-electron chi connectivity index (χ3n) is 1.97. The lowest BCUT2D eigenvalue weighted by molar-refractivity contribution is 0.889. The largest absolute Gasteiger partial charge is 0.318 e. The molecule has 1 aromatic heterocycles. The molecule has 14 heavy (non-hydrogen) atoms. The molecule has 1 heterocycles. The van der Waals surface area contributed by atoms with Crippen LogP contribution in [0.25, 0.3) is 10.2 Å². The molecule has 0 saturated carbocycles. The third-order valence-corrected chi connectivity index (χ3v) is 3.08. The highest BCUT2D eigenvalue weighted by Crippen LogP contribution is 2.14. The zero-order chi connectivity index (χ0) is 9.97. The molecule has 1 aromatic carbocycles. The summed E-state index contributed by atoms with van der Waals surface area (Å²) in [5, 5.41) is 8.00. The van der Waals surface area contributed by atoms with Crippen LogP contribution in [-0.4, -0.2) is 10.8 Å². The topological polar surface area (TPSA) is 29.6 Å². The smallest absolute Gasteiger partial charge is 0.211 e. The van der Waals surface area contributed by atoms with E-state index in [1.54, 1.807) is 17.6 Å². The van der Waals surface area contributed by atoms with Crippen molar-refractivity contribution < 1.29 is 0 Å². The van der Waals surface area contributed by atoms with Crippen LogP contribution in [0, 0.1) is 0 Å². The molecule has 0 unspecified atom stereocenters. The number of para-hydroxylation sites is 1. The Labute approximate surface area is 86.0 Å². The molecular weight excluding hydrogens is 194 g/mol. The Morgan fingerprint density at radius 3 is 2.86 bits per heavy atom. The molecular formula is C10H11N3S. The summed E-state index contributed by atoms with van der Waals surface area (Å²) in [4.78, 5) is 0.921. The van der Waals surface area contributed by atoms with Gasteiger partial charge in [-0.05, 0) is 19.1 Å². The normalized spacial score (nSPS) is 13.1. The van der Waals surface area contributed by atoms with Crippen LogP contribution >= 0.6 is 11.3 Å². The molecule has 0 aliphatic heterocycles. The highest BCUT2D eigenvalue weighted by atomic mass is 32.1. The van der Waals surface area contributed by atoms with Crippen molar-refractivity contribution in [3.05, 3.63) is 29.1 Å². The fourth-order valence-electron chi connectivity index (χ4n) is 1.29. The Hall–Kier alpha value is -1.42. The molecule has 0 aliphatic carbocycles. The number of benzene rings is 1. The first-order chi connectivity index (χ1) is 6.83. The zero-order valence-corrected chi connectivity index (χ0v) is 8.95. The van der Waals surface area contributed by atoms with Crippen LogP contribution in [-0.2, 0) is 7.05 Å². The second-order valence-corrected chi connectivity index (χ2v) is 3.89.